The molecular weight excluding hydrogens is 676 g/mol. The van der Waals surface area contributed by atoms with Gasteiger partial charge in [-0.15, -0.1) is 0 Å². The molecule has 0 spiro atoms. The van der Waals surface area contributed by atoms with Gasteiger partial charge in [-0.25, -0.2) is 13.2 Å². The fraction of sp³-hybridized carbons (Fsp3) is 0.394. The summed E-state index contributed by atoms with van der Waals surface area (Å²) in [5, 5.41) is 0.958. The minimum absolute atomic E-state index is 0.0618. The molecule has 8 nitrogen and oxygen atoms in total. The number of urea groups is 1. The van der Waals surface area contributed by atoms with Crippen molar-refractivity contribution in [2.75, 3.05) is 38.5 Å². The molecule has 3 aromatic rings. The van der Waals surface area contributed by atoms with E-state index >= 15 is 0 Å². The summed E-state index contributed by atoms with van der Waals surface area (Å²) in [5.41, 5.74) is -1.86. The molecule has 0 N–H and O–H groups in total. The van der Waals surface area contributed by atoms with Gasteiger partial charge in [0.05, 0.1) is 23.5 Å². The third-order valence-electron chi connectivity index (χ3n) is 9.06. The van der Waals surface area contributed by atoms with Crippen LogP contribution in [0.15, 0.2) is 71.7 Å². The number of amides is 2. The molecule has 2 aliphatic heterocycles. The van der Waals surface area contributed by atoms with Gasteiger partial charge in [-0.05, 0) is 81.3 Å². The average Bonchev–Trinajstić information content (AvgIpc) is 3.29. The second-order valence-electron chi connectivity index (χ2n) is 11.6. The largest absolute Gasteiger partial charge is 0.493 e. The number of hydrogen-bond donors (Lipinski definition) is 0. The van der Waals surface area contributed by atoms with Crippen LogP contribution in [0.1, 0.15) is 49.9 Å². The lowest BCUT2D eigenvalue weighted by Gasteiger charge is -2.47. The second kappa shape index (κ2) is 12.9. The maximum absolute atomic E-state index is 14.9. The SMILES string of the molecule is CCOc1cc(C(F)(F)F)ccc1C1=N[C@@](C)(c2ccc(Cl)cc2)[C@@](C)(c2ccc(Cl)cc2)N1C(=O)N1CCN(S(=O)(=O)CC)CC1. The first kappa shape index (κ1) is 35.0. The molecule has 0 saturated carbocycles. The molecular formula is C33H35Cl2F3N4O4S. The van der Waals surface area contributed by atoms with Crippen molar-refractivity contribution in [1.29, 1.82) is 0 Å². The fourth-order valence-electron chi connectivity index (χ4n) is 6.21. The van der Waals surface area contributed by atoms with Gasteiger partial charge in [-0.2, -0.15) is 17.5 Å². The summed E-state index contributed by atoms with van der Waals surface area (Å²) in [6.45, 7) is 7.38. The van der Waals surface area contributed by atoms with Crippen LogP contribution < -0.4 is 4.74 Å². The van der Waals surface area contributed by atoms with Gasteiger partial charge >= 0.3 is 12.2 Å². The van der Waals surface area contributed by atoms with E-state index < -0.39 is 38.9 Å². The predicted molar refractivity (Wildman–Crippen MR) is 177 cm³/mol. The van der Waals surface area contributed by atoms with Gasteiger partial charge in [0.15, 0.2) is 0 Å². The zero-order chi connectivity index (χ0) is 34.4. The van der Waals surface area contributed by atoms with Gasteiger partial charge in [-0.3, -0.25) is 9.89 Å². The summed E-state index contributed by atoms with van der Waals surface area (Å²) in [4.78, 5) is 23.1. The highest BCUT2D eigenvalue weighted by atomic mass is 35.5. The molecule has 0 aliphatic carbocycles. The second-order valence-corrected chi connectivity index (χ2v) is 14.8. The smallest absolute Gasteiger partial charge is 0.416 e. The fourth-order valence-corrected chi connectivity index (χ4v) is 7.54. The third-order valence-corrected chi connectivity index (χ3v) is 11.4. The lowest BCUT2D eigenvalue weighted by Crippen LogP contribution is -2.61. The molecule has 2 aliphatic rings. The van der Waals surface area contributed by atoms with Gasteiger partial charge in [0.1, 0.15) is 22.7 Å². The Balaban J connectivity index is 1.74. The molecule has 0 radical (unpaired) electrons. The first-order chi connectivity index (χ1) is 22.1. The van der Waals surface area contributed by atoms with Gasteiger partial charge < -0.3 is 9.64 Å². The Bertz CT molecular complexity index is 1780. The number of nitrogens with zero attached hydrogens (tertiary/aromatic N) is 4. The summed E-state index contributed by atoms with van der Waals surface area (Å²) in [5.74, 6) is -0.0475. The molecule has 0 unspecified atom stereocenters. The van der Waals surface area contributed by atoms with Gasteiger partial charge in [-0.1, -0.05) is 47.5 Å². The van der Waals surface area contributed by atoms with E-state index in [1.54, 1.807) is 67.3 Å². The Labute approximate surface area is 282 Å². The topological polar surface area (TPSA) is 82.5 Å². The van der Waals surface area contributed by atoms with Crippen LogP contribution in [-0.4, -0.2) is 72.9 Å². The molecule has 252 valence electrons. The predicted octanol–water partition coefficient (Wildman–Crippen LogP) is 7.39. The molecule has 2 amide bonds. The first-order valence-electron chi connectivity index (χ1n) is 15.1. The van der Waals surface area contributed by atoms with E-state index in [9.17, 15) is 26.4 Å². The van der Waals surface area contributed by atoms with Crippen molar-refractivity contribution >= 4 is 45.1 Å². The number of carbonyl (C=O) groups is 1. The zero-order valence-corrected chi connectivity index (χ0v) is 28.6. The number of rotatable bonds is 7. The number of aliphatic imine (C=N–C) groups is 1. The van der Waals surface area contributed by atoms with E-state index in [1.807, 2.05) is 13.8 Å². The maximum Gasteiger partial charge on any atom is 0.416 e. The Morgan fingerprint density at radius 3 is 1.96 bits per heavy atom. The number of piperazine rings is 1. The molecule has 3 aromatic carbocycles. The number of carbonyl (C=O) groups excluding carboxylic acids is 1. The number of ether oxygens (including phenoxy) is 1. The third kappa shape index (κ3) is 6.32. The van der Waals surface area contributed by atoms with E-state index in [1.165, 1.54) is 15.3 Å². The summed E-state index contributed by atoms with van der Waals surface area (Å²) >= 11 is 12.5. The molecule has 2 heterocycles. The van der Waals surface area contributed by atoms with Crippen LogP contribution in [0.25, 0.3) is 0 Å². The standard InChI is InChI=1S/C33H35Cl2F3N4O4S/c1-5-46-28-21-24(33(36,37)38)11-16-27(28)29-39-31(3,22-7-12-25(34)13-8-22)32(4,23-9-14-26(35)15-10-23)42(29)30(43)40-17-19-41(20-18-40)47(44,45)6-2/h7-16,21H,5-6,17-20H2,1-4H3/t31-,32+/m0/s1. The Morgan fingerprint density at radius 2 is 1.45 bits per heavy atom. The van der Waals surface area contributed by atoms with Crippen molar-refractivity contribution in [3.63, 3.8) is 0 Å². The summed E-state index contributed by atoms with van der Waals surface area (Å²) in [7, 11) is -3.47. The number of halogens is 5. The van der Waals surface area contributed by atoms with Crippen molar-refractivity contribution in [2.24, 2.45) is 4.99 Å². The number of hydrogen-bond acceptors (Lipinski definition) is 5. The minimum atomic E-state index is -4.63. The van der Waals surface area contributed by atoms with E-state index in [2.05, 4.69) is 0 Å². The summed E-state index contributed by atoms with van der Waals surface area (Å²) < 4.78 is 73.8. The quantitative estimate of drug-likeness (QED) is 0.256. The van der Waals surface area contributed by atoms with Crippen LogP contribution in [0, 0.1) is 0 Å². The summed E-state index contributed by atoms with van der Waals surface area (Å²) in [6.07, 6.45) is -4.63. The maximum atomic E-state index is 14.9. The number of amidine groups is 1. The molecule has 1 fully saturated rings. The number of sulfonamides is 1. The van der Waals surface area contributed by atoms with Crippen molar-refractivity contribution < 1.29 is 31.1 Å². The highest BCUT2D eigenvalue weighted by molar-refractivity contribution is 7.89. The Hall–Kier alpha value is -3.32. The number of benzene rings is 3. The van der Waals surface area contributed by atoms with Crippen molar-refractivity contribution in [2.45, 2.75) is 44.9 Å². The van der Waals surface area contributed by atoms with Crippen LogP contribution in [0.2, 0.25) is 10.0 Å². The first-order valence-corrected chi connectivity index (χ1v) is 17.5. The lowest BCUT2D eigenvalue weighted by atomic mass is 9.71. The Kier molecular flexibility index (Phi) is 9.64. The van der Waals surface area contributed by atoms with Crippen LogP contribution in [0.3, 0.4) is 0 Å². The number of alkyl halides is 3. The monoisotopic (exact) mass is 710 g/mol. The molecule has 47 heavy (non-hydrogen) atoms. The summed E-state index contributed by atoms with van der Waals surface area (Å²) in [6, 6.07) is 16.6. The van der Waals surface area contributed by atoms with Gasteiger partial charge in [0, 0.05) is 36.2 Å². The molecule has 14 heteroatoms. The van der Waals surface area contributed by atoms with Crippen LogP contribution >= 0.6 is 23.2 Å². The molecule has 0 aromatic heterocycles. The van der Waals surface area contributed by atoms with E-state index in [0.29, 0.717) is 21.2 Å². The highest BCUT2D eigenvalue weighted by Gasteiger charge is 2.60. The van der Waals surface area contributed by atoms with Crippen LogP contribution in [0.4, 0.5) is 18.0 Å². The van der Waals surface area contributed by atoms with Gasteiger partial charge in [0.25, 0.3) is 0 Å². The van der Waals surface area contributed by atoms with Crippen LogP contribution in [-0.2, 0) is 27.3 Å². The minimum Gasteiger partial charge on any atom is -0.493 e. The van der Waals surface area contributed by atoms with E-state index in [0.717, 1.165) is 12.1 Å². The highest BCUT2D eigenvalue weighted by Crippen LogP contribution is 2.54. The zero-order valence-electron chi connectivity index (χ0n) is 26.3. The molecule has 5 rings (SSSR count). The molecule has 2 atom stereocenters. The Morgan fingerprint density at radius 1 is 0.894 bits per heavy atom. The lowest BCUT2D eigenvalue weighted by molar-refractivity contribution is -0.137. The van der Waals surface area contributed by atoms with E-state index in [-0.39, 0.29) is 55.7 Å². The van der Waals surface area contributed by atoms with Gasteiger partial charge in [0.2, 0.25) is 10.0 Å². The normalized spacial score (nSPS) is 22.4. The van der Waals surface area contributed by atoms with Crippen LogP contribution in [0.5, 0.6) is 5.75 Å². The molecule has 0 bridgehead atoms. The van der Waals surface area contributed by atoms with Crippen molar-refractivity contribution in [3.05, 3.63) is 99.0 Å². The van der Waals surface area contributed by atoms with E-state index in [4.69, 9.17) is 32.9 Å². The molecule has 1 saturated heterocycles. The van der Waals surface area contributed by atoms with Crippen molar-refractivity contribution in [1.82, 2.24) is 14.1 Å². The average molecular weight is 712 g/mol. The van der Waals surface area contributed by atoms with Crippen molar-refractivity contribution in [3.8, 4) is 5.75 Å².